The Balaban J connectivity index is 4.44. The lowest BCUT2D eigenvalue weighted by Crippen LogP contribution is -2.69. The van der Waals surface area contributed by atoms with Crippen LogP contribution in [0.25, 0.3) is 0 Å². The Morgan fingerprint density at radius 3 is 1.46 bits per heavy atom. The summed E-state index contributed by atoms with van der Waals surface area (Å²) < 4.78 is -1.82. The molecule has 0 heterocycles. The Morgan fingerprint density at radius 2 is 1.08 bits per heavy atom. The molecule has 0 aliphatic rings. The van der Waals surface area contributed by atoms with Gasteiger partial charge in [0.25, 0.3) is 0 Å². The van der Waals surface area contributed by atoms with E-state index in [2.05, 4.69) is 6.92 Å². The van der Waals surface area contributed by atoms with Crippen LogP contribution >= 0.6 is 0 Å². The van der Waals surface area contributed by atoms with Crippen molar-refractivity contribution in [3.8, 4) is 0 Å². The van der Waals surface area contributed by atoms with Crippen LogP contribution in [0.3, 0.4) is 0 Å². The first-order valence-electron chi connectivity index (χ1n) is 10.7. The molecule has 0 saturated heterocycles. The molecule has 1 amide bonds. The van der Waals surface area contributed by atoms with Crippen molar-refractivity contribution in [1.82, 2.24) is 5.12 Å². The summed E-state index contributed by atoms with van der Waals surface area (Å²) in [4.78, 5) is 12.7. The van der Waals surface area contributed by atoms with Crippen molar-refractivity contribution in [2.24, 2.45) is 0 Å². The van der Waals surface area contributed by atoms with Crippen molar-refractivity contribution in [3.05, 3.63) is 10.4 Å². The van der Waals surface area contributed by atoms with Crippen LogP contribution in [0.5, 0.6) is 0 Å². The average molecular weight is 374 g/mol. The smallest absolute Gasteiger partial charge is 0.323 e. The highest BCUT2D eigenvalue weighted by Crippen LogP contribution is 2.21. The zero-order valence-electron chi connectivity index (χ0n) is 18.0. The second kappa shape index (κ2) is 13.5. The van der Waals surface area contributed by atoms with Gasteiger partial charge in [-0.2, -0.15) is 0 Å². The Morgan fingerprint density at radius 1 is 0.692 bits per heavy atom. The number of hydrogen-bond donors (Lipinski definition) is 0. The highest BCUT2D eigenvalue weighted by atomic mass is 16.7. The molecule has 0 aliphatic carbocycles. The number of rotatable bonds is 16. The summed E-state index contributed by atoms with van der Waals surface area (Å²) in [6.07, 6.45) is 12.1. The van der Waals surface area contributed by atoms with Crippen molar-refractivity contribution in [2.45, 2.75) is 97.8 Å². The summed E-state index contributed by atoms with van der Waals surface area (Å²) in [7, 11) is 2.84. The van der Waals surface area contributed by atoms with Crippen LogP contribution in [0, 0.1) is 10.4 Å². The molecule has 0 N–H and O–H groups in total. The van der Waals surface area contributed by atoms with E-state index in [1.807, 2.05) is 13.8 Å². The molecule has 0 bridgehead atoms. The lowest BCUT2D eigenvalue weighted by Gasteiger charge is -2.54. The highest BCUT2D eigenvalue weighted by molar-refractivity contribution is 5.73. The van der Waals surface area contributed by atoms with Gasteiger partial charge in [-0.3, -0.25) is 4.79 Å². The molecular weight excluding hydrogens is 330 g/mol. The van der Waals surface area contributed by atoms with Crippen LogP contribution in [0.15, 0.2) is 0 Å². The van der Waals surface area contributed by atoms with E-state index in [4.69, 9.17) is 0 Å². The first-order valence-corrected chi connectivity index (χ1v) is 10.7. The van der Waals surface area contributed by atoms with Gasteiger partial charge in [-0.05, 0) is 24.4 Å². The third kappa shape index (κ3) is 9.86. The van der Waals surface area contributed by atoms with Crippen molar-refractivity contribution < 1.29 is 14.3 Å². The van der Waals surface area contributed by atoms with Crippen molar-refractivity contribution in [2.75, 3.05) is 27.2 Å². The van der Waals surface area contributed by atoms with Crippen LogP contribution < -0.4 is 0 Å². The minimum atomic E-state index is -0.910. The molecule has 0 saturated carbocycles. The van der Waals surface area contributed by atoms with Gasteiger partial charge in [0.1, 0.15) is 13.1 Å². The number of quaternary nitrogens is 2. The van der Waals surface area contributed by atoms with E-state index in [-0.39, 0.29) is 25.4 Å². The highest BCUT2D eigenvalue weighted by Gasteiger charge is 2.38. The molecule has 0 spiro atoms. The Hall–Kier alpha value is -0.690. The van der Waals surface area contributed by atoms with Gasteiger partial charge in [0, 0.05) is 6.42 Å². The molecular formula is C20H43N3O3. The molecule has 156 valence electrons. The molecule has 0 radical (unpaired) electrons. The lowest BCUT2D eigenvalue weighted by molar-refractivity contribution is -1.19. The van der Waals surface area contributed by atoms with Crippen molar-refractivity contribution in [1.29, 1.82) is 0 Å². The predicted octanol–water partition coefficient (Wildman–Crippen LogP) is 5.27. The Bertz CT molecular complexity index is 355. The third-order valence-corrected chi connectivity index (χ3v) is 4.80. The molecule has 2 unspecified atom stereocenters. The van der Waals surface area contributed by atoms with Crippen LogP contribution in [0.4, 0.5) is 0 Å². The predicted molar refractivity (Wildman–Crippen MR) is 108 cm³/mol. The number of carbonyl (C=O) groups is 1. The fourth-order valence-corrected chi connectivity index (χ4v) is 3.58. The van der Waals surface area contributed by atoms with Crippen LogP contribution in [-0.2, 0) is 4.79 Å². The maximum Gasteiger partial charge on any atom is 0.323 e. The van der Waals surface area contributed by atoms with E-state index in [9.17, 15) is 15.2 Å². The maximum atomic E-state index is 12.9. The molecule has 6 nitrogen and oxygen atoms in total. The SMILES string of the molecule is CCCCCCCCCCCC(=O)N([N+](C)([O-])CCC)[N+](C)([O-])CCC. The van der Waals surface area contributed by atoms with Gasteiger partial charge < -0.3 is 10.4 Å². The Kier molecular flexibility index (Phi) is 13.1. The second-order valence-electron chi connectivity index (χ2n) is 7.81. The molecule has 2 atom stereocenters. The average Bonchev–Trinajstić information content (AvgIpc) is 2.52. The fourth-order valence-electron chi connectivity index (χ4n) is 3.58. The first-order chi connectivity index (χ1) is 12.2. The van der Waals surface area contributed by atoms with Gasteiger partial charge in [-0.15, -0.1) is 0 Å². The second-order valence-corrected chi connectivity index (χ2v) is 7.81. The molecule has 0 fully saturated rings. The Labute approximate surface area is 161 Å². The molecule has 0 aromatic carbocycles. The van der Waals surface area contributed by atoms with E-state index in [1.54, 1.807) is 0 Å². The minimum Gasteiger partial charge on any atom is -0.602 e. The topological polar surface area (TPSA) is 66.4 Å². The van der Waals surface area contributed by atoms with Gasteiger partial charge in [0.2, 0.25) is 0 Å². The first kappa shape index (κ1) is 25.3. The fraction of sp³-hybridized carbons (Fsp3) is 0.950. The minimum absolute atomic E-state index is 0.239. The van der Waals surface area contributed by atoms with Gasteiger partial charge in [-0.1, -0.05) is 72.1 Å². The summed E-state index contributed by atoms with van der Waals surface area (Å²) in [5.74, 6) is -0.315. The summed E-state index contributed by atoms with van der Waals surface area (Å²) in [6, 6.07) is 0. The van der Waals surface area contributed by atoms with E-state index in [0.717, 1.165) is 24.4 Å². The standard InChI is InChI=1S/C20H43N3O3/c1-6-9-10-11-12-13-14-15-16-17-20(24)21(22(4,25)18-7-2)23(5,26)19-8-3/h6-19H2,1-5H3. The van der Waals surface area contributed by atoms with Gasteiger partial charge in [0.05, 0.1) is 14.1 Å². The van der Waals surface area contributed by atoms with Gasteiger partial charge in [-0.25, -0.2) is 9.51 Å². The van der Waals surface area contributed by atoms with E-state index in [1.165, 1.54) is 52.6 Å². The largest absolute Gasteiger partial charge is 0.602 e. The number of amides is 1. The maximum absolute atomic E-state index is 12.9. The molecule has 0 rings (SSSR count). The molecule has 0 aromatic rings. The molecule has 0 aliphatic heterocycles. The quantitative estimate of drug-likeness (QED) is 0.210. The molecule has 0 aromatic heterocycles. The number of hydroxylamine groups is 4. The summed E-state index contributed by atoms with van der Waals surface area (Å²) >= 11 is 0. The third-order valence-electron chi connectivity index (χ3n) is 4.80. The van der Waals surface area contributed by atoms with Crippen LogP contribution in [-0.4, -0.2) is 47.7 Å². The van der Waals surface area contributed by atoms with Gasteiger partial charge in [0.15, 0.2) is 0 Å². The molecule has 26 heavy (non-hydrogen) atoms. The summed E-state index contributed by atoms with van der Waals surface area (Å²) in [5.41, 5.74) is 0. The zero-order chi connectivity index (χ0) is 20.1. The van der Waals surface area contributed by atoms with E-state index in [0.29, 0.717) is 12.8 Å². The normalized spacial score (nSPS) is 16.1. The van der Waals surface area contributed by atoms with Crippen LogP contribution in [0.2, 0.25) is 0 Å². The summed E-state index contributed by atoms with van der Waals surface area (Å²) in [6.45, 7) is 6.49. The monoisotopic (exact) mass is 373 g/mol. The van der Waals surface area contributed by atoms with Crippen molar-refractivity contribution in [3.63, 3.8) is 0 Å². The molecule has 6 heteroatoms. The van der Waals surface area contributed by atoms with Crippen molar-refractivity contribution >= 4 is 5.91 Å². The van der Waals surface area contributed by atoms with E-state index >= 15 is 0 Å². The lowest BCUT2D eigenvalue weighted by atomic mass is 10.1. The van der Waals surface area contributed by atoms with Gasteiger partial charge >= 0.3 is 5.91 Å². The number of nitrogens with zero attached hydrogens (tertiary/aromatic N) is 3. The van der Waals surface area contributed by atoms with Crippen LogP contribution in [0.1, 0.15) is 97.8 Å². The zero-order valence-corrected chi connectivity index (χ0v) is 18.0. The number of carbonyl (C=O) groups excluding carboxylic acids is 1. The number of unbranched alkanes of at least 4 members (excludes halogenated alkanes) is 8. The van der Waals surface area contributed by atoms with E-state index < -0.39 is 9.51 Å². The summed E-state index contributed by atoms with van der Waals surface area (Å²) in [5, 5.41) is 26.7. The number of hydrogen-bond acceptors (Lipinski definition) is 3.